The first kappa shape index (κ1) is 16.1. The van der Waals surface area contributed by atoms with Crippen LogP contribution in [0.15, 0.2) is 39.3 Å². The molecular formula is C13H6Br2Cl3NO. The number of nitrogens with one attached hydrogen (secondary N) is 1. The number of carbonyl (C=O) groups is 1. The lowest BCUT2D eigenvalue weighted by Crippen LogP contribution is -2.13. The number of benzene rings is 2. The predicted octanol–water partition coefficient (Wildman–Crippen LogP) is 6.42. The first-order chi connectivity index (χ1) is 9.38. The van der Waals surface area contributed by atoms with Crippen molar-refractivity contribution in [3.8, 4) is 0 Å². The largest absolute Gasteiger partial charge is 0.319 e. The van der Waals surface area contributed by atoms with E-state index >= 15 is 0 Å². The molecule has 0 fully saturated rings. The van der Waals surface area contributed by atoms with Gasteiger partial charge in [-0.3, -0.25) is 4.79 Å². The Balaban J connectivity index is 2.33. The van der Waals surface area contributed by atoms with Crippen molar-refractivity contribution in [1.82, 2.24) is 0 Å². The zero-order valence-electron chi connectivity index (χ0n) is 9.68. The first-order valence-electron chi connectivity index (χ1n) is 5.29. The van der Waals surface area contributed by atoms with Crippen LogP contribution in [0.1, 0.15) is 10.4 Å². The monoisotopic (exact) mass is 455 g/mol. The molecule has 0 unspecified atom stereocenters. The Morgan fingerprint density at radius 3 is 2.15 bits per heavy atom. The van der Waals surface area contributed by atoms with Gasteiger partial charge in [0.15, 0.2) is 0 Å². The van der Waals surface area contributed by atoms with E-state index in [-0.39, 0.29) is 5.91 Å². The van der Waals surface area contributed by atoms with Crippen LogP contribution in [-0.2, 0) is 0 Å². The molecule has 0 heterocycles. The van der Waals surface area contributed by atoms with Gasteiger partial charge in [0.1, 0.15) is 0 Å². The first-order valence-corrected chi connectivity index (χ1v) is 8.01. The summed E-state index contributed by atoms with van der Waals surface area (Å²) in [7, 11) is 0. The number of halogens is 5. The quantitative estimate of drug-likeness (QED) is 0.553. The maximum Gasteiger partial charge on any atom is 0.256 e. The Bertz CT molecular complexity index is 668. The minimum atomic E-state index is -0.334. The van der Waals surface area contributed by atoms with Gasteiger partial charge in [0.25, 0.3) is 5.91 Å². The highest BCUT2D eigenvalue weighted by atomic mass is 79.9. The fourth-order valence-corrected chi connectivity index (χ4v) is 3.68. The highest BCUT2D eigenvalue weighted by Gasteiger charge is 2.15. The lowest BCUT2D eigenvalue weighted by Gasteiger charge is -2.11. The highest BCUT2D eigenvalue weighted by Crippen LogP contribution is 2.34. The summed E-state index contributed by atoms with van der Waals surface area (Å²) in [6, 6.07) is 8.19. The summed E-state index contributed by atoms with van der Waals surface area (Å²) < 4.78 is 1.32. The average molecular weight is 458 g/mol. The van der Waals surface area contributed by atoms with E-state index in [1.165, 1.54) is 0 Å². The lowest BCUT2D eigenvalue weighted by atomic mass is 10.2. The van der Waals surface area contributed by atoms with Crippen molar-refractivity contribution in [2.75, 3.05) is 5.32 Å². The summed E-state index contributed by atoms with van der Waals surface area (Å²) in [5.41, 5.74) is 0.799. The molecule has 2 rings (SSSR count). The Morgan fingerprint density at radius 1 is 1.00 bits per heavy atom. The van der Waals surface area contributed by atoms with Gasteiger partial charge in [-0.25, -0.2) is 0 Å². The Labute approximate surface area is 147 Å². The molecule has 0 saturated heterocycles. The van der Waals surface area contributed by atoms with Gasteiger partial charge in [-0.2, -0.15) is 0 Å². The fourth-order valence-electron chi connectivity index (χ4n) is 1.52. The molecule has 7 heteroatoms. The van der Waals surface area contributed by atoms with Crippen LogP contribution in [0.3, 0.4) is 0 Å². The van der Waals surface area contributed by atoms with Gasteiger partial charge in [-0.15, -0.1) is 0 Å². The second kappa shape index (κ2) is 6.67. The van der Waals surface area contributed by atoms with Gasteiger partial charge in [0, 0.05) is 14.0 Å². The van der Waals surface area contributed by atoms with E-state index in [4.69, 9.17) is 34.8 Å². The van der Waals surface area contributed by atoms with E-state index < -0.39 is 0 Å². The number of carbonyl (C=O) groups excluding carboxylic acids is 1. The molecule has 2 nitrogen and oxygen atoms in total. The van der Waals surface area contributed by atoms with Gasteiger partial charge >= 0.3 is 0 Å². The molecule has 1 N–H and O–H groups in total. The topological polar surface area (TPSA) is 29.1 Å². The smallest absolute Gasteiger partial charge is 0.256 e. The number of amides is 1. The third kappa shape index (κ3) is 3.68. The average Bonchev–Trinajstić information content (AvgIpc) is 2.33. The normalized spacial score (nSPS) is 10.4. The summed E-state index contributed by atoms with van der Waals surface area (Å²) in [4.78, 5) is 12.2. The standard InChI is InChI=1S/C13H6Br2Cl3NO/c14-6-3-10(17)12(11(18)4-6)19-13(20)8-2-1-7(16)5-9(8)15/h1-5H,(H,19,20). The van der Waals surface area contributed by atoms with Crippen molar-refractivity contribution in [3.05, 3.63) is 59.9 Å². The predicted molar refractivity (Wildman–Crippen MR) is 91.3 cm³/mol. The molecule has 0 aliphatic heterocycles. The number of hydrogen-bond donors (Lipinski definition) is 1. The second-order valence-corrected chi connectivity index (χ2v) is 6.84. The van der Waals surface area contributed by atoms with Crippen LogP contribution in [-0.4, -0.2) is 5.91 Å². The second-order valence-electron chi connectivity index (χ2n) is 3.82. The van der Waals surface area contributed by atoms with E-state index in [2.05, 4.69) is 37.2 Å². The van der Waals surface area contributed by atoms with E-state index in [9.17, 15) is 4.79 Å². The zero-order valence-corrected chi connectivity index (χ0v) is 15.1. The van der Waals surface area contributed by atoms with Gasteiger partial charge in [0.05, 0.1) is 21.3 Å². The SMILES string of the molecule is O=C(Nc1c(Cl)cc(Br)cc1Cl)c1ccc(Cl)cc1Br. The molecule has 0 spiro atoms. The van der Waals surface area contributed by atoms with Gasteiger partial charge in [-0.1, -0.05) is 50.7 Å². The minimum Gasteiger partial charge on any atom is -0.319 e. The molecular weight excluding hydrogens is 452 g/mol. The van der Waals surface area contributed by atoms with E-state index in [0.717, 1.165) is 4.47 Å². The van der Waals surface area contributed by atoms with Gasteiger partial charge in [-0.05, 0) is 46.3 Å². The van der Waals surface area contributed by atoms with Crippen LogP contribution >= 0.6 is 66.7 Å². The highest BCUT2D eigenvalue weighted by molar-refractivity contribution is 9.10. The van der Waals surface area contributed by atoms with Crippen molar-refractivity contribution < 1.29 is 4.79 Å². The summed E-state index contributed by atoms with van der Waals surface area (Å²) >= 11 is 24.5. The van der Waals surface area contributed by atoms with Gasteiger partial charge < -0.3 is 5.32 Å². The maximum absolute atomic E-state index is 12.2. The Kier molecular flexibility index (Phi) is 5.37. The molecule has 0 atom stereocenters. The van der Waals surface area contributed by atoms with E-state index in [0.29, 0.717) is 30.8 Å². The molecule has 2 aromatic carbocycles. The molecule has 0 aliphatic carbocycles. The van der Waals surface area contributed by atoms with Gasteiger partial charge in [0.2, 0.25) is 0 Å². The van der Waals surface area contributed by atoms with Crippen molar-refractivity contribution in [3.63, 3.8) is 0 Å². The molecule has 1 amide bonds. The molecule has 0 aliphatic rings. The lowest BCUT2D eigenvalue weighted by molar-refractivity contribution is 0.102. The van der Waals surface area contributed by atoms with E-state index in [1.54, 1.807) is 30.3 Å². The van der Waals surface area contributed by atoms with Crippen LogP contribution in [0.2, 0.25) is 15.1 Å². The van der Waals surface area contributed by atoms with Crippen molar-refractivity contribution in [2.45, 2.75) is 0 Å². The third-order valence-corrected chi connectivity index (χ3v) is 4.37. The minimum absolute atomic E-state index is 0.334. The van der Waals surface area contributed by atoms with Crippen molar-refractivity contribution in [2.24, 2.45) is 0 Å². The molecule has 20 heavy (non-hydrogen) atoms. The van der Waals surface area contributed by atoms with Crippen LogP contribution in [0.4, 0.5) is 5.69 Å². The van der Waals surface area contributed by atoms with E-state index in [1.807, 2.05) is 0 Å². The molecule has 0 bridgehead atoms. The summed E-state index contributed by atoms with van der Waals surface area (Å²) in [6.45, 7) is 0. The number of hydrogen-bond acceptors (Lipinski definition) is 1. The zero-order chi connectivity index (χ0) is 14.9. The maximum atomic E-state index is 12.2. The fraction of sp³-hybridized carbons (Fsp3) is 0. The summed E-state index contributed by atoms with van der Waals surface area (Å²) in [5.74, 6) is -0.334. The van der Waals surface area contributed by atoms with Crippen LogP contribution in [0.5, 0.6) is 0 Å². The molecule has 0 radical (unpaired) electrons. The van der Waals surface area contributed by atoms with Crippen LogP contribution in [0, 0.1) is 0 Å². The van der Waals surface area contributed by atoms with Crippen molar-refractivity contribution >= 4 is 78.3 Å². The number of rotatable bonds is 2. The van der Waals surface area contributed by atoms with Crippen LogP contribution < -0.4 is 5.32 Å². The van der Waals surface area contributed by atoms with Crippen LogP contribution in [0.25, 0.3) is 0 Å². The molecule has 2 aromatic rings. The molecule has 104 valence electrons. The Morgan fingerprint density at radius 2 is 1.60 bits per heavy atom. The Hall–Kier alpha value is -0.260. The van der Waals surface area contributed by atoms with Crippen molar-refractivity contribution in [1.29, 1.82) is 0 Å². The third-order valence-electron chi connectivity index (χ3n) is 2.42. The molecule has 0 saturated carbocycles. The summed E-state index contributed by atoms with van der Waals surface area (Å²) in [5, 5.41) is 3.92. The summed E-state index contributed by atoms with van der Waals surface area (Å²) in [6.07, 6.45) is 0. The number of anilines is 1. The molecule has 0 aromatic heterocycles.